The van der Waals surface area contributed by atoms with Crippen LogP contribution in [-0.4, -0.2) is 47.3 Å². The Bertz CT molecular complexity index is 282. The monoisotopic (exact) mass is 247 g/mol. The molecule has 0 rings (SSSR count). The number of amides is 2. The summed E-state index contributed by atoms with van der Waals surface area (Å²) in [4.78, 5) is 32.2. The van der Waals surface area contributed by atoms with Gasteiger partial charge in [-0.3, -0.25) is 4.79 Å². The van der Waals surface area contributed by atoms with E-state index < -0.39 is 24.0 Å². The van der Waals surface area contributed by atoms with Crippen molar-refractivity contribution < 1.29 is 24.6 Å². The first-order chi connectivity index (χ1) is 7.97. The van der Waals surface area contributed by atoms with Crippen LogP contribution in [0, 0.1) is 0 Å². The SMILES string of the molecule is NCCNC(=O)N[C@H](CCCC(=O)O)C(=O)O. The van der Waals surface area contributed by atoms with Gasteiger partial charge < -0.3 is 26.6 Å². The number of carbonyl (C=O) groups is 3. The molecule has 8 heteroatoms. The van der Waals surface area contributed by atoms with E-state index in [0.717, 1.165) is 0 Å². The molecule has 0 fully saturated rings. The maximum absolute atomic E-state index is 11.2. The largest absolute Gasteiger partial charge is 0.481 e. The van der Waals surface area contributed by atoms with E-state index in [0.29, 0.717) is 0 Å². The van der Waals surface area contributed by atoms with Gasteiger partial charge in [-0.05, 0) is 12.8 Å². The summed E-state index contributed by atoms with van der Waals surface area (Å²) in [5, 5.41) is 21.8. The fraction of sp³-hybridized carbons (Fsp3) is 0.667. The molecule has 0 aliphatic rings. The molecule has 8 nitrogen and oxygen atoms in total. The zero-order chi connectivity index (χ0) is 13.3. The minimum absolute atomic E-state index is 0.0671. The Kier molecular flexibility index (Phi) is 7.44. The van der Waals surface area contributed by atoms with E-state index in [1.165, 1.54) is 0 Å². The highest BCUT2D eigenvalue weighted by Crippen LogP contribution is 2.01. The second-order valence-corrected chi connectivity index (χ2v) is 3.37. The summed E-state index contributed by atoms with van der Waals surface area (Å²) >= 11 is 0. The maximum atomic E-state index is 11.2. The molecule has 0 aliphatic carbocycles. The Morgan fingerprint density at radius 2 is 1.88 bits per heavy atom. The standard InChI is InChI=1S/C9H17N3O5/c10-4-5-11-9(17)12-6(8(15)16)2-1-3-7(13)14/h6H,1-5,10H2,(H,13,14)(H,15,16)(H2,11,12,17)/t6-/m1/s1. The number of hydrogen-bond acceptors (Lipinski definition) is 4. The van der Waals surface area contributed by atoms with Crippen molar-refractivity contribution >= 4 is 18.0 Å². The maximum Gasteiger partial charge on any atom is 0.326 e. The first-order valence-corrected chi connectivity index (χ1v) is 5.16. The number of aliphatic carboxylic acids is 2. The van der Waals surface area contributed by atoms with Crippen LogP contribution in [0.1, 0.15) is 19.3 Å². The van der Waals surface area contributed by atoms with Gasteiger partial charge in [0.25, 0.3) is 0 Å². The van der Waals surface area contributed by atoms with Crippen LogP contribution in [0.3, 0.4) is 0 Å². The number of urea groups is 1. The van der Waals surface area contributed by atoms with Crippen molar-refractivity contribution in [1.29, 1.82) is 0 Å². The Balaban J connectivity index is 4.02. The molecule has 0 saturated heterocycles. The van der Waals surface area contributed by atoms with Crippen LogP contribution in [0.5, 0.6) is 0 Å². The van der Waals surface area contributed by atoms with E-state index in [9.17, 15) is 14.4 Å². The van der Waals surface area contributed by atoms with Gasteiger partial charge in [-0.15, -0.1) is 0 Å². The van der Waals surface area contributed by atoms with E-state index in [1.54, 1.807) is 0 Å². The second kappa shape index (κ2) is 8.34. The minimum atomic E-state index is -1.20. The Hall–Kier alpha value is -1.83. The lowest BCUT2D eigenvalue weighted by Crippen LogP contribution is -2.47. The molecule has 0 radical (unpaired) electrons. The topological polar surface area (TPSA) is 142 Å². The van der Waals surface area contributed by atoms with E-state index in [4.69, 9.17) is 15.9 Å². The molecule has 2 amide bonds. The summed E-state index contributed by atoms with van der Waals surface area (Å²) < 4.78 is 0. The van der Waals surface area contributed by atoms with Crippen LogP contribution in [-0.2, 0) is 9.59 Å². The fourth-order valence-electron chi connectivity index (χ4n) is 1.11. The van der Waals surface area contributed by atoms with Gasteiger partial charge in [0.05, 0.1) is 0 Å². The molecule has 0 aromatic heterocycles. The van der Waals surface area contributed by atoms with Crippen LogP contribution in [0.15, 0.2) is 0 Å². The number of carboxylic acid groups (broad SMARTS) is 2. The van der Waals surface area contributed by atoms with Crippen LogP contribution < -0.4 is 16.4 Å². The van der Waals surface area contributed by atoms with Crippen molar-refractivity contribution in [3.05, 3.63) is 0 Å². The van der Waals surface area contributed by atoms with Gasteiger partial charge >= 0.3 is 18.0 Å². The lowest BCUT2D eigenvalue weighted by atomic mass is 10.1. The molecular formula is C9H17N3O5. The van der Waals surface area contributed by atoms with Crippen LogP contribution in [0.4, 0.5) is 4.79 Å². The summed E-state index contributed by atoms with van der Waals surface area (Å²) in [5.74, 6) is -2.19. The van der Waals surface area contributed by atoms with Crippen molar-refractivity contribution in [1.82, 2.24) is 10.6 Å². The molecular weight excluding hydrogens is 230 g/mol. The van der Waals surface area contributed by atoms with Gasteiger partial charge in [0.2, 0.25) is 0 Å². The molecule has 0 unspecified atom stereocenters. The molecule has 17 heavy (non-hydrogen) atoms. The van der Waals surface area contributed by atoms with Gasteiger partial charge in [-0.25, -0.2) is 9.59 Å². The number of nitrogens with two attached hydrogens (primary N) is 1. The van der Waals surface area contributed by atoms with Gasteiger partial charge in [-0.2, -0.15) is 0 Å². The number of hydrogen-bond donors (Lipinski definition) is 5. The van der Waals surface area contributed by atoms with Gasteiger partial charge in [0.1, 0.15) is 6.04 Å². The molecule has 0 aliphatic heterocycles. The summed E-state index contributed by atoms with van der Waals surface area (Å²) in [6.07, 6.45) is 0.122. The highest BCUT2D eigenvalue weighted by atomic mass is 16.4. The molecule has 0 saturated carbocycles. The van der Waals surface area contributed by atoms with Gasteiger partial charge in [0, 0.05) is 19.5 Å². The average Bonchev–Trinajstić information content (AvgIpc) is 2.24. The van der Waals surface area contributed by atoms with Crippen molar-refractivity contribution in [2.45, 2.75) is 25.3 Å². The lowest BCUT2D eigenvalue weighted by Gasteiger charge is -2.14. The van der Waals surface area contributed by atoms with Crippen molar-refractivity contribution in [3.63, 3.8) is 0 Å². The first-order valence-electron chi connectivity index (χ1n) is 5.16. The highest BCUT2D eigenvalue weighted by Gasteiger charge is 2.19. The summed E-state index contributed by atoms with van der Waals surface area (Å²) in [6, 6.07) is -1.72. The molecule has 0 bridgehead atoms. The van der Waals surface area contributed by atoms with Crippen LogP contribution >= 0.6 is 0 Å². The molecule has 0 aromatic carbocycles. The van der Waals surface area contributed by atoms with Crippen LogP contribution in [0.25, 0.3) is 0 Å². The van der Waals surface area contributed by atoms with Crippen molar-refractivity contribution in [3.8, 4) is 0 Å². The third-order valence-electron chi connectivity index (χ3n) is 1.92. The van der Waals surface area contributed by atoms with E-state index in [1.807, 2.05) is 0 Å². The average molecular weight is 247 g/mol. The zero-order valence-corrected chi connectivity index (χ0v) is 9.31. The second-order valence-electron chi connectivity index (χ2n) is 3.37. The quantitative estimate of drug-likeness (QED) is 0.370. The van der Waals surface area contributed by atoms with E-state index in [2.05, 4.69) is 10.6 Å². The lowest BCUT2D eigenvalue weighted by molar-refractivity contribution is -0.140. The van der Waals surface area contributed by atoms with E-state index in [-0.39, 0.29) is 32.4 Å². The molecule has 0 aromatic rings. The molecule has 6 N–H and O–H groups in total. The molecule has 98 valence electrons. The predicted molar refractivity (Wildman–Crippen MR) is 58.5 cm³/mol. The zero-order valence-electron chi connectivity index (χ0n) is 9.31. The normalized spacial score (nSPS) is 11.6. The van der Waals surface area contributed by atoms with Crippen molar-refractivity contribution in [2.75, 3.05) is 13.1 Å². The number of nitrogens with one attached hydrogen (secondary N) is 2. The smallest absolute Gasteiger partial charge is 0.326 e. The number of carboxylic acids is 2. The minimum Gasteiger partial charge on any atom is -0.481 e. The van der Waals surface area contributed by atoms with E-state index >= 15 is 0 Å². The fourth-order valence-corrected chi connectivity index (χ4v) is 1.11. The Morgan fingerprint density at radius 1 is 1.24 bits per heavy atom. The van der Waals surface area contributed by atoms with Crippen molar-refractivity contribution in [2.24, 2.45) is 5.73 Å². The number of carbonyl (C=O) groups excluding carboxylic acids is 1. The van der Waals surface area contributed by atoms with Gasteiger partial charge in [0.15, 0.2) is 0 Å². The van der Waals surface area contributed by atoms with Gasteiger partial charge in [-0.1, -0.05) is 0 Å². The highest BCUT2D eigenvalue weighted by molar-refractivity contribution is 5.82. The number of rotatable bonds is 8. The molecule has 0 heterocycles. The predicted octanol–water partition coefficient (Wildman–Crippen LogP) is -1.05. The summed E-state index contributed by atoms with van der Waals surface area (Å²) in [5.41, 5.74) is 5.16. The third-order valence-corrected chi connectivity index (χ3v) is 1.92. The Morgan fingerprint density at radius 3 is 2.35 bits per heavy atom. The summed E-state index contributed by atoms with van der Waals surface area (Å²) in [6.45, 7) is 0.497. The first kappa shape index (κ1) is 15.2. The third kappa shape index (κ3) is 8.03. The van der Waals surface area contributed by atoms with Crippen LogP contribution in [0.2, 0.25) is 0 Å². The molecule has 1 atom stereocenters. The summed E-state index contributed by atoms with van der Waals surface area (Å²) in [7, 11) is 0. The molecule has 0 spiro atoms. The Labute approximate surface area is 98.2 Å².